The molecule has 0 radical (unpaired) electrons. The second-order valence-corrected chi connectivity index (χ2v) is 6.34. The van der Waals surface area contributed by atoms with E-state index in [9.17, 15) is 4.79 Å². The summed E-state index contributed by atoms with van der Waals surface area (Å²) in [5, 5.41) is 1.85. The number of nitrogens with zero attached hydrogens (tertiary/aromatic N) is 2. The summed E-state index contributed by atoms with van der Waals surface area (Å²) in [6.07, 6.45) is 2.77. The molecule has 3 aromatic rings. The molecule has 0 saturated carbocycles. The number of benzene rings is 2. The third-order valence-corrected chi connectivity index (χ3v) is 4.62. The fraction of sp³-hybridized carbons (Fsp3) is 0.111. The molecule has 4 rings (SSSR count). The van der Waals surface area contributed by atoms with Crippen molar-refractivity contribution in [3.8, 4) is 0 Å². The normalized spacial score (nSPS) is 15.3. The molecule has 0 amide bonds. The molecule has 0 N–H and O–H groups in total. The molecule has 0 bridgehead atoms. The molecule has 2 aromatic carbocycles. The van der Waals surface area contributed by atoms with Gasteiger partial charge in [-0.25, -0.2) is 4.98 Å². The van der Waals surface area contributed by atoms with Crippen molar-refractivity contribution >= 4 is 45.8 Å². The summed E-state index contributed by atoms with van der Waals surface area (Å²) in [7, 11) is 0. The van der Waals surface area contributed by atoms with E-state index in [1.54, 1.807) is 22.8 Å². The summed E-state index contributed by atoms with van der Waals surface area (Å²) >= 11 is 12.3. The molecule has 114 valence electrons. The smallest absolute Gasteiger partial charge is 0.261 e. The Kier molecular flexibility index (Phi) is 3.47. The highest BCUT2D eigenvalue weighted by Gasteiger charge is 2.21. The highest BCUT2D eigenvalue weighted by molar-refractivity contribution is 6.32. The number of allylic oxidation sites excluding steroid dienone is 1. The minimum atomic E-state index is -0.0239. The first-order valence-electron chi connectivity index (χ1n) is 7.29. The van der Waals surface area contributed by atoms with Gasteiger partial charge in [0.05, 0.1) is 10.9 Å². The van der Waals surface area contributed by atoms with Crippen molar-refractivity contribution in [1.29, 1.82) is 0 Å². The second kappa shape index (κ2) is 5.52. The van der Waals surface area contributed by atoms with E-state index in [1.165, 1.54) is 0 Å². The van der Waals surface area contributed by atoms with Crippen molar-refractivity contribution < 1.29 is 0 Å². The molecule has 1 aliphatic heterocycles. The van der Waals surface area contributed by atoms with Crippen LogP contribution in [0, 0.1) is 0 Å². The predicted molar refractivity (Wildman–Crippen MR) is 95.0 cm³/mol. The molecule has 1 aromatic heterocycles. The Hall–Kier alpha value is -2.10. The Bertz CT molecular complexity index is 1020. The number of hydrogen-bond acceptors (Lipinski definition) is 2. The predicted octanol–water partition coefficient (Wildman–Crippen LogP) is 4.65. The van der Waals surface area contributed by atoms with Crippen LogP contribution in [0.25, 0.3) is 22.6 Å². The highest BCUT2D eigenvalue weighted by atomic mass is 35.5. The molecular weight excluding hydrogens is 331 g/mol. The molecule has 23 heavy (non-hydrogen) atoms. The van der Waals surface area contributed by atoms with Crippen LogP contribution >= 0.6 is 23.2 Å². The maximum Gasteiger partial charge on any atom is 0.261 e. The van der Waals surface area contributed by atoms with E-state index in [1.807, 2.05) is 30.3 Å². The van der Waals surface area contributed by atoms with Crippen LogP contribution in [0.15, 0.2) is 47.3 Å². The van der Waals surface area contributed by atoms with Crippen LogP contribution in [0.4, 0.5) is 0 Å². The summed E-state index contributed by atoms with van der Waals surface area (Å²) in [5.41, 5.74) is 2.54. The van der Waals surface area contributed by atoms with E-state index >= 15 is 0 Å². The maximum absolute atomic E-state index is 12.6. The van der Waals surface area contributed by atoms with Crippen LogP contribution in [-0.4, -0.2) is 9.55 Å². The van der Waals surface area contributed by atoms with Gasteiger partial charge >= 0.3 is 0 Å². The third kappa shape index (κ3) is 2.46. The number of hydrogen-bond donors (Lipinski definition) is 0. The fourth-order valence-electron chi connectivity index (χ4n) is 2.91. The van der Waals surface area contributed by atoms with E-state index in [0.717, 1.165) is 17.6 Å². The molecule has 0 saturated heterocycles. The van der Waals surface area contributed by atoms with Crippen molar-refractivity contribution in [1.82, 2.24) is 9.55 Å². The zero-order valence-corrected chi connectivity index (χ0v) is 13.6. The largest absolute Gasteiger partial charge is 0.292 e. The van der Waals surface area contributed by atoms with E-state index in [2.05, 4.69) is 4.98 Å². The number of aromatic nitrogens is 2. The number of halogens is 2. The molecule has 2 heterocycles. The molecule has 5 heteroatoms. The summed E-state index contributed by atoms with van der Waals surface area (Å²) < 4.78 is 1.72. The van der Waals surface area contributed by atoms with Crippen LogP contribution in [0.1, 0.15) is 17.8 Å². The number of rotatable bonds is 1. The van der Waals surface area contributed by atoms with Gasteiger partial charge in [0.1, 0.15) is 5.82 Å². The summed E-state index contributed by atoms with van der Waals surface area (Å²) in [6, 6.07) is 12.8. The Morgan fingerprint density at radius 1 is 1.13 bits per heavy atom. The van der Waals surface area contributed by atoms with Gasteiger partial charge in [-0.15, -0.1) is 0 Å². The van der Waals surface area contributed by atoms with Gasteiger partial charge < -0.3 is 0 Å². The fourth-order valence-corrected chi connectivity index (χ4v) is 3.26. The SMILES string of the molecule is O=c1c2ccc(Cl)cc2nc2n1CC/C2=C/c1ccccc1Cl. The standard InChI is InChI=1S/C18H12Cl2N2O/c19-13-5-6-14-16(10-13)21-17-12(7-8-22(17)18(14)23)9-11-3-1-2-4-15(11)20/h1-6,9-10H,7-8H2/b12-9-. The van der Waals surface area contributed by atoms with E-state index in [-0.39, 0.29) is 5.56 Å². The van der Waals surface area contributed by atoms with Crippen LogP contribution in [0.2, 0.25) is 10.0 Å². The van der Waals surface area contributed by atoms with Crippen molar-refractivity contribution in [2.24, 2.45) is 0 Å². The molecule has 0 atom stereocenters. The lowest BCUT2D eigenvalue weighted by atomic mass is 10.1. The molecule has 0 aliphatic carbocycles. The molecular formula is C18H12Cl2N2O. The van der Waals surface area contributed by atoms with Gasteiger partial charge in [0.2, 0.25) is 0 Å². The summed E-state index contributed by atoms with van der Waals surface area (Å²) in [4.78, 5) is 17.3. The zero-order valence-electron chi connectivity index (χ0n) is 12.1. The molecule has 0 unspecified atom stereocenters. The quantitative estimate of drug-likeness (QED) is 0.645. The summed E-state index contributed by atoms with van der Waals surface area (Å²) in [5.74, 6) is 0.699. The average molecular weight is 343 g/mol. The topological polar surface area (TPSA) is 34.9 Å². The van der Waals surface area contributed by atoms with Crippen LogP contribution in [0.3, 0.4) is 0 Å². The van der Waals surface area contributed by atoms with Crippen molar-refractivity contribution in [3.05, 3.63) is 74.3 Å². The van der Waals surface area contributed by atoms with Gasteiger partial charge in [-0.3, -0.25) is 9.36 Å². The lowest BCUT2D eigenvalue weighted by Crippen LogP contribution is -2.20. The highest BCUT2D eigenvalue weighted by Crippen LogP contribution is 2.29. The average Bonchev–Trinajstić information content (AvgIpc) is 2.93. The van der Waals surface area contributed by atoms with Gasteiger partial charge in [-0.05, 0) is 47.9 Å². The molecule has 0 spiro atoms. The van der Waals surface area contributed by atoms with Crippen molar-refractivity contribution in [3.63, 3.8) is 0 Å². The molecule has 3 nitrogen and oxygen atoms in total. The first-order chi connectivity index (χ1) is 11.1. The Balaban J connectivity index is 1.93. The summed E-state index contributed by atoms with van der Waals surface area (Å²) in [6.45, 7) is 0.635. The van der Waals surface area contributed by atoms with Gasteiger partial charge in [-0.1, -0.05) is 41.4 Å². The number of fused-ring (bicyclic) bond motifs is 2. The first-order valence-corrected chi connectivity index (χ1v) is 8.04. The van der Waals surface area contributed by atoms with Crippen molar-refractivity contribution in [2.75, 3.05) is 0 Å². The lowest BCUT2D eigenvalue weighted by molar-refractivity contribution is 0.725. The second-order valence-electron chi connectivity index (χ2n) is 5.49. The lowest BCUT2D eigenvalue weighted by Gasteiger charge is -2.06. The maximum atomic E-state index is 12.6. The van der Waals surface area contributed by atoms with Crippen LogP contribution < -0.4 is 5.56 Å². The van der Waals surface area contributed by atoms with Gasteiger partial charge in [0, 0.05) is 16.6 Å². The van der Waals surface area contributed by atoms with E-state index in [4.69, 9.17) is 23.2 Å². The van der Waals surface area contributed by atoms with Gasteiger partial charge in [0.15, 0.2) is 0 Å². The molecule has 0 fully saturated rings. The Morgan fingerprint density at radius 2 is 1.96 bits per heavy atom. The minimum absolute atomic E-state index is 0.0239. The van der Waals surface area contributed by atoms with Crippen LogP contribution in [0.5, 0.6) is 0 Å². The minimum Gasteiger partial charge on any atom is -0.292 e. The van der Waals surface area contributed by atoms with E-state index in [0.29, 0.717) is 33.3 Å². The molecule has 1 aliphatic rings. The Morgan fingerprint density at radius 3 is 2.78 bits per heavy atom. The zero-order chi connectivity index (χ0) is 16.0. The van der Waals surface area contributed by atoms with Crippen molar-refractivity contribution in [2.45, 2.75) is 13.0 Å². The van der Waals surface area contributed by atoms with Gasteiger partial charge in [0.25, 0.3) is 5.56 Å². The Labute approximate surface area is 142 Å². The monoisotopic (exact) mass is 342 g/mol. The van der Waals surface area contributed by atoms with Gasteiger partial charge in [-0.2, -0.15) is 0 Å². The van der Waals surface area contributed by atoms with E-state index < -0.39 is 0 Å². The first kappa shape index (κ1) is 14.5. The van der Waals surface area contributed by atoms with Crippen LogP contribution in [-0.2, 0) is 6.54 Å². The third-order valence-electron chi connectivity index (χ3n) is 4.04.